The molecule has 0 saturated heterocycles. The largest absolute Gasteiger partial charge is 0.507 e. The molecule has 4 nitrogen and oxygen atoms in total. The van der Waals surface area contributed by atoms with Crippen LogP contribution in [-0.2, 0) is 21.1 Å². The van der Waals surface area contributed by atoms with Crippen molar-refractivity contribution in [2.24, 2.45) is 0 Å². The van der Waals surface area contributed by atoms with Gasteiger partial charge < -0.3 is 9.67 Å². The van der Waals surface area contributed by atoms with Crippen molar-refractivity contribution < 1.29 is 26.2 Å². The molecule has 274 valence electrons. The predicted molar refractivity (Wildman–Crippen MR) is 229 cm³/mol. The minimum Gasteiger partial charge on any atom is -0.507 e. The number of fused-ring (bicyclic) bond motifs is 3. The number of aromatic hydroxyl groups is 1. The van der Waals surface area contributed by atoms with Crippen molar-refractivity contribution in [1.29, 1.82) is 0 Å². The van der Waals surface area contributed by atoms with Crippen molar-refractivity contribution in [1.82, 2.24) is 14.5 Å². The summed E-state index contributed by atoms with van der Waals surface area (Å²) in [6.45, 7) is 0. The summed E-state index contributed by atoms with van der Waals surface area (Å²) < 4.78 is 2.36. The van der Waals surface area contributed by atoms with Gasteiger partial charge in [0, 0.05) is 66.2 Å². The molecule has 0 aliphatic rings. The van der Waals surface area contributed by atoms with Gasteiger partial charge in [0.05, 0.1) is 16.7 Å². The maximum Gasteiger partial charge on any atom is 0.124 e. The Kier molecular flexibility index (Phi) is 9.64. The van der Waals surface area contributed by atoms with Gasteiger partial charge in [-0.1, -0.05) is 145 Å². The van der Waals surface area contributed by atoms with Gasteiger partial charge in [-0.15, -0.1) is 24.3 Å². The van der Waals surface area contributed by atoms with Gasteiger partial charge in [-0.05, 0) is 70.3 Å². The molecule has 5 heteroatoms. The van der Waals surface area contributed by atoms with E-state index in [1.165, 1.54) is 16.3 Å². The van der Waals surface area contributed by atoms with Crippen molar-refractivity contribution in [3.8, 4) is 78.6 Å². The Morgan fingerprint density at radius 1 is 0.439 bits per heavy atom. The summed E-state index contributed by atoms with van der Waals surface area (Å²) in [5.74, 6) is 0.174. The smallest absolute Gasteiger partial charge is 0.124 e. The molecule has 0 saturated carbocycles. The Bertz CT molecular complexity index is 3030. The van der Waals surface area contributed by atoms with Crippen molar-refractivity contribution in [3.05, 3.63) is 206 Å². The van der Waals surface area contributed by atoms with E-state index in [-0.39, 0.29) is 26.8 Å². The number of pyridine rings is 2. The van der Waals surface area contributed by atoms with E-state index in [2.05, 4.69) is 126 Å². The van der Waals surface area contributed by atoms with Crippen LogP contribution in [0.2, 0.25) is 0 Å². The monoisotopic (exact) mass is 911 g/mol. The summed E-state index contributed by atoms with van der Waals surface area (Å²) in [4.78, 5) is 10.0. The Morgan fingerprint density at radius 3 is 1.82 bits per heavy atom. The molecule has 3 aromatic heterocycles. The van der Waals surface area contributed by atoms with E-state index in [1.54, 1.807) is 6.07 Å². The molecule has 10 aromatic rings. The molecule has 0 aliphatic carbocycles. The zero-order valence-electron chi connectivity index (χ0n) is 30.7. The molecule has 1 N–H and O–H groups in total. The second-order valence-electron chi connectivity index (χ2n) is 13.9. The molecule has 0 spiro atoms. The fourth-order valence-electron chi connectivity index (χ4n) is 7.77. The first kappa shape index (κ1) is 35.8. The van der Waals surface area contributed by atoms with Gasteiger partial charge in [-0.2, -0.15) is 0 Å². The third-order valence-corrected chi connectivity index (χ3v) is 10.4. The van der Waals surface area contributed by atoms with Crippen LogP contribution in [0.5, 0.6) is 5.75 Å². The number of benzene rings is 7. The Morgan fingerprint density at radius 2 is 1.05 bits per heavy atom. The molecular weight excluding hydrogens is 878 g/mol. The van der Waals surface area contributed by atoms with Crippen molar-refractivity contribution in [2.75, 3.05) is 0 Å². The van der Waals surface area contributed by atoms with Gasteiger partial charge in [-0.3, -0.25) is 9.97 Å². The number of phenols is 1. The Balaban J connectivity index is 0.00000422. The normalized spacial score (nSPS) is 11.1. The summed E-state index contributed by atoms with van der Waals surface area (Å²) in [6, 6.07) is 70.0. The van der Waals surface area contributed by atoms with E-state index in [1.807, 2.05) is 79.0 Å². The number of nitrogens with zero attached hydrogens (tertiary/aromatic N) is 3. The molecular formula is C52H34N3OPt-. The van der Waals surface area contributed by atoms with Gasteiger partial charge in [-0.25, -0.2) is 0 Å². The summed E-state index contributed by atoms with van der Waals surface area (Å²) >= 11 is 0. The molecule has 3 heterocycles. The molecule has 57 heavy (non-hydrogen) atoms. The maximum atomic E-state index is 11.2. The third-order valence-electron chi connectivity index (χ3n) is 10.4. The Hall–Kier alpha value is -6.87. The molecule has 7 aromatic carbocycles. The molecule has 0 amide bonds. The van der Waals surface area contributed by atoms with Crippen molar-refractivity contribution in [2.45, 2.75) is 0 Å². The van der Waals surface area contributed by atoms with Gasteiger partial charge in [0.25, 0.3) is 0 Å². The summed E-state index contributed by atoms with van der Waals surface area (Å²) in [5, 5.41) is 13.6. The van der Waals surface area contributed by atoms with Gasteiger partial charge >= 0.3 is 0 Å². The van der Waals surface area contributed by atoms with Crippen LogP contribution in [0.25, 0.3) is 94.6 Å². The fourth-order valence-corrected chi connectivity index (χ4v) is 7.77. The van der Waals surface area contributed by atoms with Crippen LogP contribution in [0.1, 0.15) is 0 Å². The van der Waals surface area contributed by atoms with Gasteiger partial charge in [0.1, 0.15) is 5.75 Å². The number of hydrogen-bond donors (Lipinski definition) is 1. The SMILES string of the molecule is Oc1ccc(-c2ccccc2)cc1-c1cc(-c2ccccc2)cc(-c2[c-]c(-c3cc(-c4cccc5c6ccccc6n(-c6ccccc6)c45)ccn3)ccc2)n1.[Pt]. The number of hydrogen-bond acceptors (Lipinski definition) is 3. The van der Waals surface area contributed by atoms with E-state index < -0.39 is 0 Å². The van der Waals surface area contributed by atoms with Crippen LogP contribution in [0, 0.1) is 6.07 Å². The number of rotatable bonds is 7. The molecule has 0 atom stereocenters. The fraction of sp³-hybridized carbons (Fsp3) is 0. The average Bonchev–Trinajstić information content (AvgIpc) is 3.62. The van der Waals surface area contributed by atoms with E-state index in [4.69, 9.17) is 9.97 Å². The summed E-state index contributed by atoms with van der Waals surface area (Å²) in [7, 11) is 0. The topological polar surface area (TPSA) is 50.9 Å². The number of aromatic nitrogens is 3. The molecule has 0 fully saturated rings. The second-order valence-corrected chi connectivity index (χ2v) is 13.9. The molecule has 0 radical (unpaired) electrons. The number of para-hydroxylation sites is 3. The first-order valence-corrected chi connectivity index (χ1v) is 18.7. The van der Waals surface area contributed by atoms with Crippen LogP contribution < -0.4 is 0 Å². The second kappa shape index (κ2) is 15.3. The maximum absolute atomic E-state index is 11.2. The van der Waals surface area contributed by atoms with Crippen LogP contribution in [0.15, 0.2) is 200 Å². The first-order chi connectivity index (χ1) is 27.7. The van der Waals surface area contributed by atoms with Crippen LogP contribution >= 0.6 is 0 Å². The zero-order valence-corrected chi connectivity index (χ0v) is 32.9. The Labute approximate surface area is 345 Å². The summed E-state index contributed by atoms with van der Waals surface area (Å²) in [5.41, 5.74) is 14.4. The molecule has 0 unspecified atom stereocenters. The van der Waals surface area contributed by atoms with E-state index >= 15 is 0 Å². The quantitative estimate of drug-likeness (QED) is 0.162. The summed E-state index contributed by atoms with van der Waals surface area (Å²) in [6.07, 6.45) is 1.88. The van der Waals surface area contributed by atoms with Crippen LogP contribution in [-0.4, -0.2) is 19.6 Å². The van der Waals surface area contributed by atoms with Crippen LogP contribution in [0.3, 0.4) is 0 Å². The average molecular weight is 912 g/mol. The van der Waals surface area contributed by atoms with Gasteiger partial charge in [0.2, 0.25) is 0 Å². The third kappa shape index (κ3) is 6.75. The standard InChI is InChI=1S/C52H34N3O.Pt/c56-51-27-26-37(35-14-4-1-5-15-35)31-46(51)49-34-41(36-16-6-2-7-17-36)33-48(54-49)40-19-12-18-39(30-40)47-32-38(28-29-53-47)43-23-13-24-45-44-22-10-11-25-50(44)55(52(43)45)42-20-8-3-9-21-42;/h1-29,31-34,56H;/q-1;. The first-order valence-electron chi connectivity index (χ1n) is 18.7. The van der Waals surface area contributed by atoms with Crippen LogP contribution in [0.4, 0.5) is 0 Å². The zero-order chi connectivity index (χ0) is 37.4. The number of phenolic OH excluding ortho intramolecular Hbond substituents is 1. The van der Waals surface area contributed by atoms with Crippen molar-refractivity contribution >= 4 is 21.8 Å². The minimum atomic E-state index is 0. The predicted octanol–water partition coefficient (Wildman–Crippen LogP) is 13.1. The molecule has 0 bridgehead atoms. The van der Waals surface area contributed by atoms with E-state index in [0.29, 0.717) is 11.3 Å². The van der Waals surface area contributed by atoms with Crippen molar-refractivity contribution in [3.63, 3.8) is 0 Å². The van der Waals surface area contributed by atoms with E-state index in [0.717, 1.165) is 67.1 Å². The van der Waals surface area contributed by atoms with Gasteiger partial charge in [0.15, 0.2) is 0 Å². The molecule has 0 aliphatic heterocycles. The van der Waals surface area contributed by atoms with E-state index in [9.17, 15) is 5.11 Å². The molecule has 10 rings (SSSR count). The minimum absolute atomic E-state index is 0.